The van der Waals surface area contributed by atoms with E-state index in [0.717, 1.165) is 23.4 Å². The van der Waals surface area contributed by atoms with Crippen LogP contribution in [0.4, 0.5) is 8.78 Å². The molecule has 0 spiro atoms. The molecular weight excluding hydrogens is 248 g/mol. The number of pyridine rings is 1. The van der Waals surface area contributed by atoms with Gasteiger partial charge < -0.3 is 0 Å². The molecule has 2 aromatic rings. The van der Waals surface area contributed by atoms with Crippen LogP contribution in [-0.4, -0.2) is 4.98 Å². The molecule has 19 heavy (non-hydrogen) atoms. The van der Waals surface area contributed by atoms with Crippen LogP contribution >= 0.6 is 0 Å². The standard InChI is InChI=1S/C14H15F2N3/c1-9-12(3-2-6-18-9)14(19-17)8-10-7-11(15)4-5-13(10)16/h2-7,14,19H,8,17H2,1H3. The van der Waals surface area contributed by atoms with E-state index in [-0.39, 0.29) is 18.0 Å². The highest BCUT2D eigenvalue weighted by atomic mass is 19.1. The SMILES string of the molecule is Cc1ncccc1C(Cc1cc(F)ccc1F)NN. The minimum absolute atomic E-state index is 0.257. The van der Waals surface area contributed by atoms with Crippen LogP contribution in [-0.2, 0) is 6.42 Å². The Hall–Kier alpha value is -1.85. The highest BCUT2D eigenvalue weighted by Crippen LogP contribution is 2.21. The van der Waals surface area contributed by atoms with Crippen LogP contribution < -0.4 is 11.3 Å². The van der Waals surface area contributed by atoms with Gasteiger partial charge in [-0.3, -0.25) is 16.3 Å². The number of hydrazine groups is 1. The van der Waals surface area contributed by atoms with Crippen molar-refractivity contribution in [2.24, 2.45) is 5.84 Å². The molecule has 0 aliphatic rings. The number of aryl methyl sites for hydroxylation is 1. The summed E-state index contributed by atoms with van der Waals surface area (Å²) in [5, 5.41) is 0. The average Bonchev–Trinajstić information content (AvgIpc) is 2.41. The summed E-state index contributed by atoms with van der Waals surface area (Å²) in [6.45, 7) is 1.85. The second kappa shape index (κ2) is 5.86. The molecule has 1 aromatic carbocycles. The molecule has 0 fully saturated rings. The molecule has 5 heteroatoms. The largest absolute Gasteiger partial charge is 0.271 e. The Morgan fingerprint density at radius 1 is 1.32 bits per heavy atom. The Labute approximate surface area is 110 Å². The van der Waals surface area contributed by atoms with E-state index in [1.807, 2.05) is 13.0 Å². The number of nitrogens with one attached hydrogen (secondary N) is 1. The van der Waals surface area contributed by atoms with Gasteiger partial charge in [0, 0.05) is 11.9 Å². The monoisotopic (exact) mass is 263 g/mol. The van der Waals surface area contributed by atoms with Crippen molar-refractivity contribution in [3.8, 4) is 0 Å². The van der Waals surface area contributed by atoms with E-state index in [0.29, 0.717) is 0 Å². The fraction of sp³-hybridized carbons (Fsp3) is 0.214. The first-order valence-corrected chi connectivity index (χ1v) is 5.93. The smallest absolute Gasteiger partial charge is 0.126 e. The van der Waals surface area contributed by atoms with Gasteiger partial charge in [0.15, 0.2) is 0 Å². The lowest BCUT2D eigenvalue weighted by Crippen LogP contribution is -2.30. The van der Waals surface area contributed by atoms with Crippen molar-refractivity contribution in [2.45, 2.75) is 19.4 Å². The van der Waals surface area contributed by atoms with E-state index in [2.05, 4.69) is 10.4 Å². The minimum Gasteiger partial charge on any atom is -0.271 e. The molecule has 1 atom stereocenters. The van der Waals surface area contributed by atoms with Crippen molar-refractivity contribution in [1.29, 1.82) is 0 Å². The highest BCUT2D eigenvalue weighted by molar-refractivity contribution is 5.27. The maximum Gasteiger partial charge on any atom is 0.126 e. The lowest BCUT2D eigenvalue weighted by atomic mass is 9.98. The molecule has 0 aliphatic heterocycles. The Morgan fingerprint density at radius 3 is 2.79 bits per heavy atom. The molecule has 100 valence electrons. The number of nitrogens with two attached hydrogens (primary N) is 1. The zero-order chi connectivity index (χ0) is 13.8. The fourth-order valence-corrected chi connectivity index (χ4v) is 2.04. The zero-order valence-corrected chi connectivity index (χ0v) is 10.5. The van der Waals surface area contributed by atoms with Crippen LogP contribution in [0.2, 0.25) is 0 Å². The summed E-state index contributed by atoms with van der Waals surface area (Å²) in [6.07, 6.45) is 1.93. The van der Waals surface area contributed by atoms with Crippen LogP contribution in [0.15, 0.2) is 36.5 Å². The molecule has 0 saturated carbocycles. The van der Waals surface area contributed by atoms with Crippen molar-refractivity contribution in [3.05, 3.63) is 65.0 Å². The number of benzene rings is 1. The maximum atomic E-state index is 13.6. The van der Waals surface area contributed by atoms with Crippen LogP contribution in [0.3, 0.4) is 0 Å². The first-order chi connectivity index (χ1) is 9.11. The topological polar surface area (TPSA) is 50.9 Å². The molecule has 0 aliphatic carbocycles. The van der Waals surface area contributed by atoms with Gasteiger partial charge in [0.1, 0.15) is 11.6 Å². The number of hydrogen-bond acceptors (Lipinski definition) is 3. The molecule has 0 saturated heterocycles. The Morgan fingerprint density at radius 2 is 2.11 bits per heavy atom. The fourth-order valence-electron chi connectivity index (χ4n) is 2.04. The number of hydrogen-bond donors (Lipinski definition) is 2. The first-order valence-electron chi connectivity index (χ1n) is 5.93. The van der Waals surface area contributed by atoms with Crippen LogP contribution in [0.25, 0.3) is 0 Å². The molecule has 0 radical (unpaired) electrons. The van der Waals surface area contributed by atoms with Crippen LogP contribution in [0.5, 0.6) is 0 Å². The quantitative estimate of drug-likeness (QED) is 0.658. The van der Waals surface area contributed by atoms with Crippen molar-refractivity contribution in [2.75, 3.05) is 0 Å². The number of halogens is 2. The number of aromatic nitrogens is 1. The molecule has 0 amide bonds. The molecular formula is C14H15F2N3. The molecule has 1 aromatic heterocycles. The van der Waals surface area contributed by atoms with E-state index in [9.17, 15) is 8.78 Å². The van der Waals surface area contributed by atoms with Gasteiger partial charge in [-0.25, -0.2) is 8.78 Å². The summed E-state index contributed by atoms with van der Waals surface area (Å²) in [4.78, 5) is 4.17. The van der Waals surface area contributed by atoms with Gasteiger partial charge in [0.2, 0.25) is 0 Å². The maximum absolute atomic E-state index is 13.6. The lowest BCUT2D eigenvalue weighted by molar-refractivity contribution is 0.519. The van der Waals surface area contributed by atoms with E-state index in [4.69, 9.17) is 5.84 Å². The van der Waals surface area contributed by atoms with Gasteiger partial charge >= 0.3 is 0 Å². The molecule has 2 rings (SSSR count). The molecule has 1 heterocycles. The summed E-state index contributed by atoms with van der Waals surface area (Å²) >= 11 is 0. The van der Waals surface area contributed by atoms with Gasteiger partial charge in [-0.05, 0) is 48.7 Å². The van der Waals surface area contributed by atoms with E-state index in [1.165, 1.54) is 6.07 Å². The third-order valence-corrected chi connectivity index (χ3v) is 3.06. The van der Waals surface area contributed by atoms with Crippen molar-refractivity contribution in [1.82, 2.24) is 10.4 Å². The third kappa shape index (κ3) is 3.13. The van der Waals surface area contributed by atoms with Gasteiger partial charge in [-0.15, -0.1) is 0 Å². The van der Waals surface area contributed by atoms with Gasteiger partial charge in [0.05, 0.1) is 6.04 Å². The molecule has 1 unspecified atom stereocenters. The van der Waals surface area contributed by atoms with Gasteiger partial charge in [-0.1, -0.05) is 6.07 Å². The van der Waals surface area contributed by atoms with Crippen LogP contribution in [0.1, 0.15) is 22.9 Å². The number of nitrogens with zero attached hydrogens (tertiary/aromatic N) is 1. The second-order valence-electron chi connectivity index (χ2n) is 4.34. The predicted molar refractivity (Wildman–Crippen MR) is 69.1 cm³/mol. The summed E-state index contributed by atoms with van der Waals surface area (Å²) in [6, 6.07) is 6.74. The summed E-state index contributed by atoms with van der Waals surface area (Å²) < 4.78 is 26.8. The van der Waals surface area contributed by atoms with Gasteiger partial charge in [0.25, 0.3) is 0 Å². The summed E-state index contributed by atoms with van der Waals surface area (Å²) in [7, 11) is 0. The summed E-state index contributed by atoms with van der Waals surface area (Å²) in [5.41, 5.74) is 4.59. The van der Waals surface area contributed by atoms with E-state index < -0.39 is 11.6 Å². The summed E-state index contributed by atoms with van der Waals surface area (Å²) in [5.74, 6) is 4.61. The minimum atomic E-state index is -0.463. The number of rotatable bonds is 4. The predicted octanol–water partition coefficient (Wildman–Crippen LogP) is 2.42. The van der Waals surface area contributed by atoms with Crippen molar-refractivity contribution >= 4 is 0 Å². The average molecular weight is 263 g/mol. The lowest BCUT2D eigenvalue weighted by Gasteiger charge is -2.18. The molecule has 3 nitrogen and oxygen atoms in total. The Balaban J connectivity index is 2.29. The van der Waals surface area contributed by atoms with Crippen molar-refractivity contribution < 1.29 is 8.78 Å². The zero-order valence-electron chi connectivity index (χ0n) is 10.5. The molecule has 0 bridgehead atoms. The normalized spacial score (nSPS) is 12.4. The second-order valence-corrected chi connectivity index (χ2v) is 4.34. The van der Waals surface area contributed by atoms with Crippen LogP contribution in [0, 0.1) is 18.6 Å². The van der Waals surface area contributed by atoms with Crippen molar-refractivity contribution in [3.63, 3.8) is 0 Å². The van der Waals surface area contributed by atoms with E-state index in [1.54, 1.807) is 12.3 Å². The third-order valence-electron chi connectivity index (χ3n) is 3.06. The highest BCUT2D eigenvalue weighted by Gasteiger charge is 2.16. The molecule has 3 N–H and O–H groups in total. The van der Waals surface area contributed by atoms with E-state index >= 15 is 0 Å². The Kier molecular flexibility index (Phi) is 4.19. The first kappa shape index (κ1) is 13.6. The Bertz CT molecular complexity index is 572. The van der Waals surface area contributed by atoms with Gasteiger partial charge in [-0.2, -0.15) is 0 Å².